The van der Waals surface area contributed by atoms with Gasteiger partial charge in [-0.3, -0.25) is 0 Å². The monoisotopic (exact) mass is 410 g/mol. The number of unbranched alkanes of at least 4 members (excludes halogenated alkanes) is 6. The van der Waals surface area contributed by atoms with Crippen molar-refractivity contribution >= 4 is 43.6 Å². The smallest absolute Gasteiger partial charge is 0.0832 e. The van der Waals surface area contributed by atoms with Gasteiger partial charge in [-0.2, -0.15) is 0 Å². The van der Waals surface area contributed by atoms with Crippen LogP contribution in [0.2, 0.25) is 0 Å². The summed E-state index contributed by atoms with van der Waals surface area (Å²) < 4.78 is 0.736. The molecule has 1 rings (SSSR count). The Balaban J connectivity index is 2.40. The van der Waals surface area contributed by atoms with Gasteiger partial charge in [0.25, 0.3) is 0 Å². The van der Waals surface area contributed by atoms with Gasteiger partial charge in [-0.05, 0) is 30.2 Å². The van der Waals surface area contributed by atoms with Crippen molar-refractivity contribution in [1.29, 1.82) is 0 Å². The predicted octanol–water partition coefficient (Wildman–Crippen LogP) is 7.41. The lowest BCUT2D eigenvalue weighted by atomic mass is 9.91. The largest absolute Gasteiger partial charge is 0.117 e. The quantitative estimate of drug-likeness (QED) is 0.266. The molecule has 1 aliphatic heterocycles. The number of hydrogen-bond donors (Lipinski definition) is 0. The zero-order chi connectivity index (χ0) is 14.1. The summed E-state index contributed by atoms with van der Waals surface area (Å²) in [6.45, 7) is 4.56. The summed E-state index contributed by atoms with van der Waals surface area (Å²) in [5.41, 5.74) is 1.63. The highest BCUT2D eigenvalue weighted by Gasteiger charge is 2.41. The first-order chi connectivity index (χ1) is 9.15. The average Bonchev–Trinajstić information content (AvgIpc) is 2.68. The molecule has 0 amide bonds. The molecule has 19 heavy (non-hydrogen) atoms. The Kier molecular flexibility index (Phi) is 9.42. The minimum absolute atomic E-state index is 0.220. The van der Waals surface area contributed by atoms with Crippen LogP contribution in [-0.4, -0.2) is 8.48 Å². The highest BCUT2D eigenvalue weighted by atomic mass is 79.9. The minimum atomic E-state index is 0.220. The van der Waals surface area contributed by atoms with Gasteiger partial charge in [-0.25, -0.2) is 0 Å². The number of hydrogen-bond acceptors (Lipinski definition) is 1. The summed E-state index contributed by atoms with van der Waals surface area (Å²) in [5.74, 6) is 0. The molecule has 0 aromatic heterocycles. The lowest BCUT2D eigenvalue weighted by Gasteiger charge is -2.29. The molecule has 0 saturated carbocycles. The molecule has 3 heteroatoms. The van der Waals surface area contributed by atoms with Crippen LogP contribution < -0.4 is 0 Å². The van der Waals surface area contributed by atoms with Gasteiger partial charge in [0, 0.05) is 0 Å². The number of alkyl halides is 2. The van der Waals surface area contributed by atoms with E-state index in [0.717, 1.165) is 0 Å². The molecule has 0 aromatic carbocycles. The van der Waals surface area contributed by atoms with E-state index in [1.807, 2.05) is 11.8 Å². The van der Waals surface area contributed by atoms with E-state index < -0.39 is 0 Å². The van der Waals surface area contributed by atoms with Gasteiger partial charge in [0.15, 0.2) is 0 Å². The second kappa shape index (κ2) is 9.89. The van der Waals surface area contributed by atoms with Gasteiger partial charge >= 0.3 is 0 Å². The second-order valence-corrected chi connectivity index (χ2v) is 9.50. The van der Waals surface area contributed by atoms with Gasteiger partial charge in [0.2, 0.25) is 0 Å². The van der Waals surface area contributed by atoms with Crippen LogP contribution in [0.25, 0.3) is 0 Å². The first-order valence-corrected chi connectivity index (χ1v) is 10.5. The maximum Gasteiger partial charge on any atom is 0.0832 e. The van der Waals surface area contributed by atoms with Gasteiger partial charge in [-0.15, -0.1) is 11.8 Å². The molecule has 1 heterocycles. The van der Waals surface area contributed by atoms with Crippen molar-refractivity contribution < 1.29 is 0 Å². The molecule has 0 bridgehead atoms. The molecule has 1 aliphatic rings. The molecular weight excluding hydrogens is 384 g/mol. The zero-order valence-electron chi connectivity index (χ0n) is 12.4. The molecule has 2 unspecified atom stereocenters. The van der Waals surface area contributed by atoms with Gasteiger partial charge in [0.1, 0.15) is 0 Å². The Hall–Kier alpha value is 1.05. The van der Waals surface area contributed by atoms with Gasteiger partial charge in [-0.1, -0.05) is 90.7 Å². The summed E-state index contributed by atoms with van der Waals surface area (Å²) in [6.07, 6.45) is 13.4. The fraction of sp³-hybridized carbons (Fsp3) is 0.875. The number of allylic oxidation sites excluding steroid dienone is 1. The summed E-state index contributed by atoms with van der Waals surface area (Å²) in [5, 5.41) is 2.40. The van der Waals surface area contributed by atoms with Crippen molar-refractivity contribution in [2.75, 3.05) is 0 Å². The molecular formula is C16H28Br2S. The Morgan fingerprint density at radius 2 is 1.68 bits per heavy atom. The van der Waals surface area contributed by atoms with Crippen LogP contribution >= 0.6 is 43.6 Å². The highest BCUT2D eigenvalue weighted by molar-refractivity contribution is 9.14. The standard InChI is InChI=1S/C16H28Br2S/c1-3-5-7-9-11-14-13-19-15(17)16(14,18)12-10-8-6-4-2/h13,15H,3-12H2,1-2H3. The van der Waals surface area contributed by atoms with Gasteiger partial charge < -0.3 is 0 Å². The third-order valence-corrected chi connectivity index (χ3v) is 8.69. The summed E-state index contributed by atoms with van der Waals surface area (Å²) >= 11 is 9.87. The highest BCUT2D eigenvalue weighted by Crippen LogP contribution is 2.52. The number of halogens is 2. The fourth-order valence-electron chi connectivity index (χ4n) is 2.59. The van der Waals surface area contributed by atoms with Crippen LogP contribution in [0.1, 0.15) is 78.1 Å². The maximum atomic E-state index is 4.06. The predicted molar refractivity (Wildman–Crippen MR) is 97.6 cm³/mol. The topological polar surface area (TPSA) is 0 Å². The minimum Gasteiger partial charge on any atom is -0.117 e. The Morgan fingerprint density at radius 3 is 2.32 bits per heavy atom. The molecule has 0 aliphatic carbocycles. The zero-order valence-corrected chi connectivity index (χ0v) is 16.4. The summed E-state index contributed by atoms with van der Waals surface area (Å²) in [4.78, 5) is 0. The van der Waals surface area contributed by atoms with E-state index in [0.29, 0.717) is 4.16 Å². The van der Waals surface area contributed by atoms with Crippen molar-refractivity contribution in [2.24, 2.45) is 0 Å². The third-order valence-electron chi connectivity index (χ3n) is 3.92. The van der Waals surface area contributed by atoms with E-state index >= 15 is 0 Å². The molecule has 112 valence electrons. The van der Waals surface area contributed by atoms with E-state index in [-0.39, 0.29) is 4.32 Å². The van der Waals surface area contributed by atoms with E-state index in [1.165, 1.54) is 64.2 Å². The number of thioether (sulfide) groups is 1. The summed E-state index contributed by atoms with van der Waals surface area (Å²) in [7, 11) is 0. The first-order valence-electron chi connectivity index (χ1n) is 7.83. The summed E-state index contributed by atoms with van der Waals surface area (Å²) in [6, 6.07) is 0. The Bertz CT molecular complexity index is 278. The van der Waals surface area contributed by atoms with E-state index in [2.05, 4.69) is 51.1 Å². The second-order valence-electron chi connectivity index (χ2n) is 5.58. The van der Waals surface area contributed by atoms with E-state index in [1.54, 1.807) is 5.57 Å². The normalized spacial score (nSPS) is 26.7. The molecule has 0 radical (unpaired) electrons. The number of rotatable bonds is 10. The average molecular weight is 412 g/mol. The molecule has 0 saturated heterocycles. The third kappa shape index (κ3) is 5.74. The van der Waals surface area contributed by atoms with Gasteiger partial charge in [0.05, 0.1) is 8.48 Å². The lowest BCUT2D eigenvalue weighted by molar-refractivity contribution is 0.559. The van der Waals surface area contributed by atoms with Crippen LogP contribution in [0, 0.1) is 0 Å². The molecule has 0 nitrogen and oxygen atoms in total. The van der Waals surface area contributed by atoms with Crippen LogP contribution in [-0.2, 0) is 0 Å². The maximum absolute atomic E-state index is 4.06. The Labute approximate surface area is 140 Å². The van der Waals surface area contributed by atoms with E-state index in [4.69, 9.17) is 0 Å². The molecule has 0 fully saturated rings. The van der Waals surface area contributed by atoms with Crippen molar-refractivity contribution in [3.8, 4) is 0 Å². The molecule has 0 N–H and O–H groups in total. The van der Waals surface area contributed by atoms with Crippen LogP contribution in [0.15, 0.2) is 11.0 Å². The van der Waals surface area contributed by atoms with Crippen molar-refractivity contribution in [3.63, 3.8) is 0 Å². The lowest BCUT2D eigenvalue weighted by Crippen LogP contribution is -2.28. The van der Waals surface area contributed by atoms with Crippen molar-refractivity contribution in [3.05, 3.63) is 11.0 Å². The molecule has 0 aromatic rings. The fourth-order valence-corrected chi connectivity index (χ4v) is 5.60. The van der Waals surface area contributed by atoms with Crippen LogP contribution in [0.3, 0.4) is 0 Å². The van der Waals surface area contributed by atoms with E-state index in [9.17, 15) is 0 Å². The van der Waals surface area contributed by atoms with Crippen LogP contribution in [0.4, 0.5) is 0 Å². The molecule has 2 atom stereocenters. The first kappa shape index (κ1) is 18.1. The molecule has 0 spiro atoms. The van der Waals surface area contributed by atoms with Crippen molar-refractivity contribution in [1.82, 2.24) is 0 Å². The Morgan fingerprint density at radius 1 is 1.05 bits per heavy atom. The van der Waals surface area contributed by atoms with Crippen LogP contribution in [0.5, 0.6) is 0 Å². The SMILES string of the molecule is CCCCCCC1=CSC(Br)C1(Br)CCCCCC. The van der Waals surface area contributed by atoms with Crippen molar-refractivity contribution in [2.45, 2.75) is 86.5 Å².